The van der Waals surface area contributed by atoms with Gasteiger partial charge in [0.25, 0.3) is 0 Å². The zero-order valence-corrected chi connectivity index (χ0v) is 14.3. The van der Waals surface area contributed by atoms with Crippen LogP contribution in [0.3, 0.4) is 0 Å². The predicted octanol–water partition coefficient (Wildman–Crippen LogP) is 5.34. The molecule has 0 radical (unpaired) electrons. The first-order valence-electron chi connectivity index (χ1n) is 8.67. The quantitative estimate of drug-likeness (QED) is 0.582. The van der Waals surface area contributed by atoms with Crippen molar-refractivity contribution in [3.63, 3.8) is 0 Å². The van der Waals surface area contributed by atoms with Crippen molar-refractivity contribution >= 4 is 10.9 Å². The predicted molar refractivity (Wildman–Crippen MR) is 97.8 cm³/mol. The van der Waals surface area contributed by atoms with Crippen LogP contribution in [0.1, 0.15) is 31.1 Å². The summed E-state index contributed by atoms with van der Waals surface area (Å²) >= 11 is 0. The fraction of sp³-hybridized carbons (Fsp3) is 0.273. The fourth-order valence-electron chi connectivity index (χ4n) is 4.46. The molecule has 0 aliphatic carbocycles. The van der Waals surface area contributed by atoms with E-state index in [9.17, 15) is 0 Å². The second-order valence-corrected chi connectivity index (χ2v) is 7.29. The molecule has 5 rings (SSSR count). The number of hydrogen-bond donors (Lipinski definition) is 0. The summed E-state index contributed by atoms with van der Waals surface area (Å²) < 4.78 is 8.72. The maximum absolute atomic E-state index is 6.45. The molecule has 2 unspecified atom stereocenters. The van der Waals surface area contributed by atoms with Gasteiger partial charge in [-0.25, -0.2) is 0 Å². The van der Waals surface area contributed by atoms with E-state index < -0.39 is 0 Å². The van der Waals surface area contributed by atoms with E-state index in [-0.39, 0.29) is 11.7 Å². The summed E-state index contributed by atoms with van der Waals surface area (Å²) in [5, 5.41) is 1.31. The van der Waals surface area contributed by atoms with Gasteiger partial charge in [0.2, 0.25) is 0 Å². The van der Waals surface area contributed by atoms with E-state index in [1.165, 1.54) is 33.2 Å². The Kier molecular flexibility index (Phi) is 2.70. The molecule has 0 spiro atoms. The molecule has 2 aromatic carbocycles. The van der Waals surface area contributed by atoms with Crippen LogP contribution in [0.2, 0.25) is 0 Å². The topological polar surface area (TPSA) is 14.2 Å². The average molecular weight is 315 g/mol. The summed E-state index contributed by atoms with van der Waals surface area (Å²) in [5.74, 6) is 0.403. The summed E-state index contributed by atoms with van der Waals surface area (Å²) in [4.78, 5) is 0. The highest BCUT2D eigenvalue weighted by molar-refractivity contribution is 5.99. The van der Waals surface area contributed by atoms with Crippen molar-refractivity contribution in [2.45, 2.75) is 25.6 Å². The minimum atomic E-state index is -0.278. The number of fused-ring (bicyclic) bond motifs is 7. The zero-order chi connectivity index (χ0) is 16.5. The highest BCUT2D eigenvalue weighted by atomic mass is 16.5. The Balaban J connectivity index is 1.85. The van der Waals surface area contributed by atoms with Crippen LogP contribution in [0, 0.1) is 5.92 Å². The van der Waals surface area contributed by atoms with Crippen molar-refractivity contribution < 1.29 is 4.74 Å². The van der Waals surface area contributed by atoms with E-state index in [1.807, 2.05) is 0 Å². The molecule has 1 aromatic heterocycles. The molecule has 0 saturated heterocycles. The van der Waals surface area contributed by atoms with E-state index in [0.29, 0.717) is 5.92 Å². The molecule has 2 heteroatoms. The first-order valence-corrected chi connectivity index (χ1v) is 8.67. The monoisotopic (exact) mass is 315 g/mol. The van der Waals surface area contributed by atoms with Crippen molar-refractivity contribution in [2.75, 3.05) is 0 Å². The van der Waals surface area contributed by atoms with Gasteiger partial charge in [0.05, 0.1) is 5.52 Å². The van der Waals surface area contributed by atoms with Gasteiger partial charge in [0.15, 0.2) is 0 Å². The van der Waals surface area contributed by atoms with Gasteiger partial charge in [-0.15, -0.1) is 0 Å². The molecule has 2 atom stereocenters. The Morgan fingerprint density at radius 3 is 2.62 bits per heavy atom. The molecule has 2 aliphatic heterocycles. The number of aryl methyl sites for hydroxylation is 1. The number of nitrogens with zero attached hydrogens (tertiary/aromatic N) is 1. The maximum Gasteiger partial charge on any atom is 0.117 e. The first kappa shape index (κ1) is 14.1. The van der Waals surface area contributed by atoms with Gasteiger partial charge in [-0.1, -0.05) is 62.4 Å². The number of hydrogen-bond acceptors (Lipinski definition) is 1. The second kappa shape index (κ2) is 4.61. The third kappa shape index (κ3) is 1.59. The molecule has 2 aliphatic rings. The Morgan fingerprint density at radius 1 is 1.08 bits per heavy atom. The minimum Gasteiger partial charge on any atom is -0.354 e. The van der Waals surface area contributed by atoms with Crippen molar-refractivity contribution in [3.05, 3.63) is 71.9 Å². The Morgan fingerprint density at radius 2 is 1.88 bits per heavy atom. The molecule has 3 aromatic rings. The number of ether oxygens (including phenoxy) is 1. The second-order valence-electron chi connectivity index (χ2n) is 7.29. The van der Waals surface area contributed by atoms with E-state index in [1.54, 1.807) is 0 Å². The van der Waals surface area contributed by atoms with Gasteiger partial charge in [-0.05, 0) is 23.1 Å². The van der Waals surface area contributed by atoms with Gasteiger partial charge >= 0.3 is 0 Å². The van der Waals surface area contributed by atoms with Crippen LogP contribution in [0.4, 0.5) is 0 Å². The minimum absolute atomic E-state index is 0.113. The molecular weight excluding hydrogens is 294 g/mol. The molecule has 3 heterocycles. The smallest absolute Gasteiger partial charge is 0.117 e. The van der Waals surface area contributed by atoms with Crippen molar-refractivity contribution in [3.8, 4) is 11.1 Å². The third-order valence-electron chi connectivity index (χ3n) is 5.66. The molecule has 2 nitrogen and oxygen atoms in total. The number of aromatic nitrogens is 1. The molecule has 0 saturated carbocycles. The van der Waals surface area contributed by atoms with Crippen LogP contribution < -0.4 is 0 Å². The lowest BCUT2D eigenvalue weighted by molar-refractivity contribution is -0.0344. The molecular formula is C22H21NO. The van der Waals surface area contributed by atoms with E-state index in [2.05, 4.69) is 86.3 Å². The van der Waals surface area contributed by atoms with Gasteiger partial charge in [-0.3, -0.25) is 0 Å². The highest BCUT2D eigenvalue weighted by Gasteiger charge is 2.50. The fourth-order valence-corrected chi connectivity index (χ4v) is 4.46. The van der Waals surface area contributed by atoms with E-state index >= 15 is 0 Å². The Hall–Kier alpha value is -2.32. The maximum atomic E-state index is 6.45. The lowest BCUT2D eigenvalue weighted by atomic mass is 9.78. The van der Waals surface area contributed by atoms with Crippen LogP contribution in [0.15, 0.2) is 60.8 Å². The summed E-state index contributed by atoms with van der Waals surface area (Å²) in [5.41, 5.74) is 6.29. The summed E-state index contributed by atoms with van der Waals surface area (Å²) in [6.45, 7) is 4.50. The largest absolute Gasteiger partial charge is 0.354 e. The van der Waals surface area contributed by atoms with Gasteiger partial charge in [0, 0.05) is 29.8 Å². The van der Waals surface area contributed by atoms with Gasteiger partial charge in [0.1, 0.15) is 11.7 Å². The van der Waals surface area contributed by atoms with Gasteiger partial charge in [-0.2, -0.15) is 0 Å². The summed E-state index contributed by atoms with van der Waals surface area (Å²) in [7, 11) is 2.15. The van der Waals surface area contributed by atoms with Crippen molar-refractivity contribution in [2.24, 2.45) is 13.0 Å². The molecule has 0 fully saturated rings. The van der Waals surface area contributed by atoms with Crippen LogP contribution in [0.5, 0.6) is 0 Å². The molecule has 120 valence electrons. The normalized spacial score (nSPS) is 24.2. The molecule has 0 amide bonds. The number of benzene rings is 2. The Bertz CT molecular complexity index is 980. The van der Waals surface area contributed by atoms with Crippen molar-refractivity contribution in [1.82, 2.24) is 4.57 Å². The summed E-state index contributed by atoms with van der Waals surface area (Å²) in [6, 6.07) is 15.2. The highest BCUT2D eigenvalue weighted by Crippen LogP contribution is 2.56. The van der Waals surface area contributed by atoms with Crippen LogP contribution in [0.25, 0.3) is 22.0 Å². The SMILES string of the molecule is CC(C)C12C=CC(O1)c1ccc3c(-c4ccccc4)cn(C)c3c12. The first-order chi connectivity index (χ1) is 11.6. The molecule has 0 N–H and O–H groups in total. The molecule has 2 bridgehead atoms. The molecule has 24 heavy (non-hydrogen) atoms. The van der Waals surface area contributed by atoms with Crippen molar-refractivity contribution in [1.29, 1.82) is 0 Å². The van der Waals surface area contributed by atoms with Crippen LogP contribution >= 0.6 is 0 Å². The van der Waals surface area contributed by atoms with E-state index in [0.717, 1.165) is 0 Å². The average Bonchev–Trinajstić information content (AvgIpc) is 3.27. The third-order valence-corrected chi connectivity index (χ3v) is 5.66. The Labute approximate surface area is 142 Å². The number of rotatable bonds is 2. The zero-order valence-electron chi connectivity index (χ0n) is 14.3. The summed E-state index contributed by atoms with van der Waals surface area (Å²) in [6.07, 6.45) is 6.86. The van der Waals surface area contributed by atoms with Crippen LogP contribution in [-0.4, -0.2) is 4.57 Å². The lowest BCUT2D eigenvalue weighted by Crippen LogP contribution is -2.28. The van der Waals surface area contributed by atoms with E-state index in [4.69, 9.17) is 4.74 Å². The standard InChI is InChI=1S/C22H21NO/c1-14(2)22-12-11-19(24-22)17-10-9-16-18(15-7-5-4-6-8-15)13-23(3)21(16)20(17)22/h4-14,19H,1-3H3. The van der Waals surface area contributed by atoms with Crippen LogP contribution in [-0.2, 0) is 17.4 Å². The lowest BCUT2D eigenvalue weighted by Gasteiger charge is -2.29. The van der Waals surface area contributed by atoms with Gasteiger partial charge < -0.3 is 9.30 Å².